The number of nitrogens with zero attached hydrogens (tertiary/aromatic N) is 3. The quantitative estimate of drug-likeness (QED) is 0.846. The first-order valence-corrected chi connectivity index (χ1v) is 9.47. The molecule has 2 heterocycles. The van der Waals surface area contributed by atoms with Gasteiger partial charge in [-0.15, -0.1) is 23.5 Å². The SMILES string of the molecule is COc1ccccc1-c1noc(C(C)N2CSCCSC2)n1. The zero-order valence-electron chi connectivity index (χ0n) is 12.7. The average molecular weight is 337 g/mol. The Labute approximate surface area is 138 Å². The van der Waals surface area contributed by atoms with E-state index in [1.165, 1.54) is 11.5 Å². The van der Waals surface area contributed by atoms with E-state index in [0.29, 0.717) is 11.7 Å². The van der Waals surface area contributed by atoms with Gasteiger partial charge in [0.05, 0.1) is 18.7 Å². The van der Waals surface area contributed by atoms with E-state index in [9.17, 15) is 0 Å². The number of methoxy groups -OCH3 is 1. The maximum atomic E-state index is 5.50. The van der Waals surface area contributed by atoms with Gasteiger partial charge in [-0.05, 0) is 19.1 Å². The maximum absolute atomic E-state index is 5.50. The molecule has 1 aromatic carbocycles. The van der Waals surface area contributed by atoms with Crippen LogP contribution in [0.2, 0.25) is 0 Å². The molecule has 22 heavy (non-hydrogen) atoms. The van der Waals surface area contributed by atoms with Crippen LogP contribution in [0.1, 0.15) is 18.9 Å². The van der Waals surface area contributed by atoms with Crippen LogP contribution in [0.4, 0.5) is 0 Å². The molecule has 118 valence electrons. The van der Waals surface area contributed by atoms with Crippen molar-refractivity contribution in [3.63, 3.8) is 0 Å². The van der Waals surface area contributed by atoms with Crippen LogP contribution in [-0.4, -0.2) is 45.4 Å². The number of ether oxygens (including phenoxy) is 1. The summed E-state index contributed by atoms with van der Waals surface area (Å²) in [6, 6.07) is 7.83. The van der Waals surface area contributed by atoms with E-state index in [1.807, 2.05) is 47.8 Å². The molecule has 0 amide bonds. The van der Waals surface area contributed by atoms with Crippen LogP contribution in [0.5, 0.6) is 5.75 Å². The molecule has 7 heteroatoms. The summed E-state index contributed by atoms with van der Waals surface area (Å²) in [7, 11) is 1.65. The molecule has 0 saturated carbocycles. The van der Waals surface area contributed by atoms with Crippen LogP contribution in [-0.2, 0) is 0 Å². The van der Waals surface area contributed by atoms with Crippen LogP contribution in [0.15, 0.2) is 28.8 Å². The molecule has 1 aliphatic heterocycles. The Kier molecular flexibility index (Phi) is 5.28. The molecule has 1 aliphatic rings. The largest absolute Gasteiger partial charge is 0.496 e. The van der Waals surface area contributed by atoms with E-state index in [2.05, 4.69) is 22.0 Å². The van der Waals surface area contributed by atoms with Crippen molar-refractivity contribution < 1.29 is 9.26 Å². The third-order valence-electron chi connectivity index (χ3n) is 3.58. The van der Waals surface area contributed by atoms with E-state index in [0.717, 1.165) is 23.1 Å². The van der Waals surface area contributed by atoms with Crippen molar-refractivity contribution in [3.8, 4) is 17.1 Å². The van der Waals surface area contributed by atoms with Crippen molar-refractivity contribution in [2.75, 3.05) is 30.4 Å². The van der Waals surface area contributed by atoms with Crippen molar-refractivity contribution in [1.82, 2.24) is 15.0 Å². The Hall–Kier alpha value is -1.18. The molecule has 2 aromatic rings. The standard InChI is InChI=1S/C15H19N3O2S2/c1-11(18-9-21-7-8-22-10-18)15-16-14(17-20-15)12-5-3-4-6-13(12)19-2/h3-6,11H,7-10H2,1-2H3. The topological polar surface area (TPSA) is 51.4 Å². The second kappa shape index (κ2) is 7.39. The highest BCUT2D eigenvalue weighted by Crippen LogP contribution is 2.30. The molecule has 1 saturated heterocycles. The van der Waals surface area contributed by atoms with Crippen LogP contribution in [0.25, 0.3) is 11.4 Å². The second-order valence-electron chi connectivity index (χ2n) is 5.00. The molecule has 1 atom stereocenters. The lowest BCUT2D eigenvalue weighted by Gasteiger charge is -2.23. The molecular formula is C15H19N3O2S2. The lowest BCUT2D eigenvalue weighted by molar-refractivity contribution is 0.230. The fourth-order valence-corrected chi connectivity index (χ4v) is 4.66. The van der Waals surface area contributed by atoms with Gasteiger partial charge < -0.3 is 9.26 Å². The second-order valence-corrected chi connectivity index (χ2v) is 7.15. The number of para-hydroxylation sites is 1. The normalized spacial score (nSPS) is 17.9. The zero-order chi connectivity index (χ0) is 15.4. The Balaban J connectivity index is 1.80. The highest BCUT2D eigenvalue weighted by atomic mass is 32.2. The first kappa shape index (κ1) is 15.7. The number of aromatic nitrogens is 2. The third-order valence-corrected chi connectivity index (χ3v) is 5.85. The van der Waals surface area contributed by atoms with Gasteiger partial charge in [0.1, 0.15) is 5.75 Å². The van der Waals surface area contributed by atoms with Gasteiger partial charge in [-0.2, -0.15) is 4.98 Å². The molecule has 1 aromatic heterocycles. The summed E-state index contributed by atoms with van der Waals surface area (Å²) >= 11 is 3.90. The monoisotopic (exact) mass is 337 g/mol. The van der Waals surface area contributed by atoms with E-state index in [-0.39, 0.29) is 6.04 Å². The molecule has 0 N–H and O–H groups in total. The molecule has 5 nitrogen and oxygen atoms in total. The molecule has 0 bridgehead atoms. The van der Waals surface area contributed by atoms with Gasteiger partial charge in [0.2, 0.25) is 11.7 Å². The molecule has 3 rings (SSSR count). The zero-order valence-corrected chi connectivity index (χ0v) is 14.3. The Morgan fingerprint density at radius 2 is 1.95 bits per heavy atom. The summed E-state index contributed by atoms with van der Waals surface area (Å²) in [6.07, 6.45) is 0. The van der Waals surface area contributed by atoms with Gasteiger partial charge in [-0.1, -0.05) is 17.3 Å². The molecule has 1 unspecified atom stereocenters. The van der Waals surface area contributed by atoms with E-state index in [1.54, 1.807) is 7.11 Å². The number of benzene rings is 1. The third kappa shape index (κ3) is 3.42. The predicted molar refractivity (Wildman–Crippen MR) is 91.2 cm³/mol. The molecule has 0 spiro atoms. The molecule has 0 radical (unpaired) electrons. The summed E-state index contributed by atoms with van der Waals surface area (Å²) in [6.45, 7) is 2.12. The first-order valence-electron chi connectivity index (χ1n) is 7.16. The van der Waals surface area contributed by atoms with E-state index >= 15 is 0 Å². The minimum Gasteiger partial charge on any atom is -0.496 e. The Morgan fingerprint density at radius 1 is 1.23 bits per heavy atom. The molecule has 1 fully saturated rings. The highest BCUT2D eigenvalue weighted by Gasteiger charge is 2.23. The summed E-state index contributed by atoms with van der Waals surface area (Å²) in [5.41, 5.74) is 0.854. The van der Waals surface area contributed by atoms with Crippen molar-refractivity contribution >= 4 is 23.5 Å². The number of hydrogen-bond acceptors (Lipinski definition) is 7. The van der Waals surface area contributed by atoms with Crippen LogP contribution < -0.4 is 4.74 Å². The van der Waals surface area contributed by atoms with Crippen LogP contribution in [0.3, 0.4) is 0 Å². The fourth-order valence-electron chi connectivity index (χ4n) is 2.24. The maximum Gasteiger partial charge on any atom is 0.244 e. The van der Waals surface area contributed by atoms with Gasteiger partial charge in [-0.25, -0.2) is 0 Å². The lowest BCUT2D eigenvalue weighted by Crippen LogP contribution is -2.25. The molecule has 0 aliphatic carbocycles. The van der Waals surface area contributed by atoms with Gasteiger partial charge in [0.15, 0.2) is 0 Å². The lowest BCUT2D eigenvalue weighted by atomic mass is 10.2. The van der Waals surface area contributed by atoms with Crippen LogP contribution >= 0.6 is 23.5 Å². The minimum atomic E-state index is 0.119. The molecular weight excluding hydrogens is 318 g/mol. The Morgan fingerprint density at radius 3 is 2.68 bits per heavy atom. The number of rotatable bonds is 4. The fraction of sp³-hybridized carbons (Fsp3) is 0.467. The summed E-state index contributed by atoms with van der Waals surface area (Å²) in [4.78, 5) is 6.94. The Bertz CT molecular complexity index is 612. The summed E-state index contributed by atoms with van der Waals surface area (Å²) in [5.74, 6) is 6.39. The predicted octanol–water partition coefficient (Wildman–Crippen LogP) is 3.50. The van der Waals surface area contributed by atoms with Crippen LogP contribution in [0, 0.1) is 0 Å². The van der Waals surface area contributed by atoms with Crippen molar-refractivity contribution in [2.45, 2.75) is 13.0 Å². The van der Waals surface area contributed by atoms with Crippen molar-refractivity contribution in [2.24, 2.45) is 0 Å². The smallest absolute Gasteiger partial charge is 0.244 e. The first-order chi connectivity index (χ1) is 10.8. The van der Waals surface area contributed by atoms with E-state index < -0.39 is 0 Å². The minimum absolute atomic E-state index is 0.119. The van der Waals surface area contributed by atoms with E-state index in [4.69, 9.17) is 9.26 Å². The number of thioether (sulfide) groups is 2. The number of hydrogen-bond donors (Lipinski definition) is 0. The summed E-state index contributed by atoms with van der Waals surface area (Å²) < 4.78 is 10.9. The van der Waals surface area contributed by atoms with Gasteiger partial charge in [-0.3, -0.25) is 4.90 Å². The van der Waals surface area contributed by atoms with Gasteiger partial charge >= 0.3 is 0 Å². The van der Waals surface area contributed by atoms with Gasteiger partial charge in [0, 0.05) is 23.3 Å². The highest BCUT2D eigenvalue weighted by molar-refractivity contribution is 8.03. The van der Waals surface area contributed by atoms with Crippen molar-refractivity contribution in [1.29, 1.82) is 0 Å². The van der Waals surface area contributed by atoms with Gasteiger partial charge in [0.25, 0.3) is 0 Å². The average Bonchev–Trinajstić information content (AvgIpc) is 2.89. The summed E-state index contributed by atoms with van der Waals surface area (Å²) in [5, 5.41) is 4.13. The van der Waals surface area contributed by atoms with Crippen molar-refractivity contribution in [3.05, 3.63) is 30.2 Å².